The van der Waals surface area contributed by atoms with Crippen LogP contribution in [0, 0.1) is 18.3 Å². The van der Waals surface area contributed by atoms with Crippen LogP contribution in [0.15, 0.2) is 0 Å². The Bertz CT molecular complexity index is 696. The molecule has 1 aromatic rings. The van der Waals surface area contributed by atoms with Crippen molar-refractivity contribution >= 4 is 11.8 Å². The predicted molar refractivity (Wildman–Crippen MR) is 106 cm³/mol. The van der Waals surface area contributed by atoms with E-state index >= 15 is 0 Å². The first kappa shape index (κ1) is 19.9. The number of piperidine rings is 2. The summed E-state index contributed by atoms with van der Waals surface area (Å²) in [5.41, 5.74) is 2.62. The number of aromatic amines is 1. The van der Waals surface area contributed by atoms with Gasteiger partial charge in [-0.1, -0.05) is 20.8 Å². The fourth-order valence-electron chi connectivity index (χ4n) is 4.57. The number of rotatable bonds is 5. The minimum atomic E-state index is 0.0353. The van der Waals surface area contributed by atoms with Gasteiger partial charge in [-0.3, -0.25) is 14.7 Å². The fraction of sp³-hybridized carbons (Fsp3) is 0.762. The van der Waals surface area contributed by atoms with Gasteiger partial charge in [0.2, 0.25) is 5.91 Å². The Balaban J connectivity index is 1.71. The van der Waals surface area contributed by atoms with E-state index in [1.54, 1.807) is 0 Å². The van der Waals surface area contributed by atoms with Crippen LogP contribution >= 0.6 is 0 Å². The standard InChI is InChI=1S/C21H34N4O2/c1-5-17-16(4)19(23-22-17)20(27)25-11-6-9-21(14-25)10-7-18(26)24(13-21)12-8-15(2)3/h15H,5-14H2,1-4H3,(H,22,23). The third kappa shape index (κ3) is 4.19. The average Bonchev–Trinajstić information content (AvgIpc) is 3.02. The molecule has 3 heterocycles. The second-order valence-corrected chi connectivity index (χ2v) is 8.86. The van der Waals surface area contributed by atoms with Crippen molar-refractivity contribution in [2.75, 3.05) is 26.2 Å². The summed E-state index contributed by atoms with van der Waals surface area (Å²) in [7, 11) is 0. The molecule has 0 radical (unpaired) electrons. The first-order valence-corrected chi connectivity index (χ1v) is 10.5. The van der Waals surface area contributed by atoms with Gasteiger partial charge in [-0.05, 0) is 44.9 Å². The van der Waals surface area contributed by atoms with Crippen LogP contribution in [0.25, 0.3) is 0 Å². The lowest BCUT2D eigenvalue weighted by Crippen LogP contribution is -2.55. The highest BCUT2D eigenvalue weighted by Crippen LogP contribution is 2.39. The van der Waals surface area contributed by atoms with Crippen LogP contribution in [0.5, 0.6) is 0 Å². The Morgan fingerprint density at radius 2 is 2.07 bits per heavy atom. The van der Waals surface area contributed by atoms with E-state index in [0.29, 0.717) is 18.0 Å². The zero-order valence-electron chi connectivity index (χ0n) is 17.3. The van der Waals surface area contributed by atoms with Crippen molar-refractivity contribution in [1.29, 1.82) is 0 Å². The molecule has 6 heteroatoms. The number of amides is 2. The van der Waals surface area contributed by atoms with Gasteiger partial charge in [0.1, 0.15) is 0 Å². The molecule has 6 nitrogen and oxygen atoms in total. The largest absolute Gasteiger partial charge is 0.342 e. The number of carbonyl (C=O) groups is 2. The zero-order valence-corrected chi connectivity index (χ0v) is 17.3. The molecule has 1 unspecified atom stereocenters. The van der Waals surface area contributed by atoms with E-state index in [4.69, 9.17) is 0 Å². The van der Waals surface area contributed by atoms with E-state index in [1.165, 1.54) is 0 Å². The van der Waals surface area contributed by atoms with Crippen molar-refractivity contribution in [2.45, 2.75) is 66.2 Å². The van der Waals surface area contributed by atoms with Crippen LogP contribution in [0.1, 0.15) is 74.6 Å². The number of carbonyl (C=O) groups excluding carboxylic acids is 2. The average molecular weight is 375 g/mol. The summed E-state index contributed by atoms with van der Waals surface area (Å²) >= 11 is 0. The SMILES string of the molecule is CCc1[nH]nc(C(=O)N2CCCC3(CCC(=O)N(CCC(C)C)C3)C2)c1C. The molecule has 2 saturated heterocycles. The molecule has 2 fully saturated rings. The number of nitrogens with one attached hydrogen (secondary N) is 1. The Morgan fingerprint density at radius 3 is 2.74 bits per heavy atom. The summed E-state index contributed by atoms with van der Waals surface area (Å²) in [5, 5.41) is 7.29. The van der Waals surface area contributed by atoms with Crippen LogP contribution in [-0.4, -0.2) is 58.0 Å². The van der Waals surface area contributed by atoms with Gasteiger partial charge in [0, 0.05) is 49.3 Å². The first-order valence-electron chi connectivity index (χ1n) is 10.5. The third-order valence-electron chi connectivity index (χ3n) is 6.34. The summed E-state index contributed by atoms with van der Waals surface area (Å²) in [6.45, 7) is 11.6. The van der Waals surface area contributed by atoms with Gasteiger partial charge in [0.25, 0.3) is 5.91 Å². The van der Waals surface area contributed by atoms with Gasteiger partial charge in [-0.25, -0.2) is 0 Å². The van der Waals surface area contributed by atoms with Crippen LogP contribution < -0.4 is 0 Å². The molecule has 2 aliphatic heterocycles. The summed E-state index contributed by atoms with van der Waals surface area (Å²) in [6.07, 6.45) is 5.50. The van der Waals surface area contributed by atoms with Gasteiger partial charge in [0.15, 0.2) is 5.69 Å². The van der Waals surface area contributed by atoms with Gasteiger partial charge >= 0.3 is 0 Å². The molecule has 0 aliphatic carbocycles. The Morgan fingerprint density at radius 1 is 1.30 bits per heavy atom. The second-order valence-electron chi connectivity index (χ2n) is 8.86. The molecule has 1 N–H and O–H groups in total. The minimum Gasteiger partial charge on any atom is -0.342 e. The Labute approximate surface area is 162 Å². The number of H-pyrrole nitrogens is 1. The molecule has 1 atom stereocenters. The molecule has 1 spiro atoms. The maximum Gasteiger partial charge on any atom is 0.274 e. The monoisotopic (exact) mass is 374 g/mol. The maximum atomic E-state index is 13.1. The van der Waals surface area contributed by atoms with Crippen molar-refractivity contribution in [2.24, 2.45) is 11.3 Å². The van der Waals surface area contributed by atoms with E-state index in [9.17, 15) is 9.59 Å². The molecule has 0 aromatic carbocycles. The summed E-state index contributed by atoms with van der Waals surface area (Å²) in [5.74, 6) is 0.907. The normalized spacial score (nSPS) is 23.5. The van der Waals surface area contributed by atoms with E-state index < -0.39 is 0 Å². The van der Waals surface area contributed by atoms with Gasteiger partial charge in [-0.15, -0.1) is 0 Å². The number of hydrogen-bond acceptors (Lipinski definition) is 3. The molecule has 2 amide bonds. The highest BCUT2D eigenvalue weighted by Gasteiger charge is 2.43. The van der Waals surface area contributed by atoms with Crippen molar-refractivity contribution < 1.29 is 9.59 Å². The lowest BCUT2D eigenvalue weighted by atomic mass is 9.73. The lowest BCUT2D eigenvalue weighted by Gasteiger charge is -2.48. The second kappa shape index (κ2) is 8.03. The Hall–Kier alpha value is -1.85. The van der Waals surface area contributed by atoms with Gasteiger partial charge in [0.05, 0.1) is 0 Å². The highest BCUT2D eigenvalue weighted by molar-refractivity contribution is 5.94. The number of aryl methyl sites for hydroxylation is 1. The number of hydrogen-bond donors (Lipinski definition) is 1. The molecular formula is C21H34N4O2. The van der Waals surface area contributed by atoms with Crippen molar-refractivity contribution in [3.8, 4) is 0 Å². The smallest absolute Gasteiger partial charge is 0.274 e. The van der Waals surface area contributed by atoms with E-state index in [0.717, 1.165) is 69.5 Å². The molecule has 0 saturated carbocycles. The van der Waals surface area contributed by atoms with Crippen LogP contribution in [0.3, 0.4) is 0 Å². The maximum absolute atomic E-state index is 13.1. The molecule has 2 aliphatic rings. The van der Waals surface area contributed by atoms with E-state index in [1.807, 2.05) is 16.7 Å². The Kier molecular flexibility index (Phi) is 5.92. The predicted octanol–water partition coefficient (Wildman–Crippen LogP) is 3.17. The minimum absolute atomic E-state index is 0.0353. The zero-order chi connectivity index (χ0) is 19.6. The third-order valence-corrected chi connectivity index (χ3v) is 6.34. The molecule has 0 bridgehead atoms. The molecule has 27 heavy (non-hydrogen) atoms. The van der Waals surface area contributed by atoms with E-state index in [2.05, 4.69) is 31.0 Å². The molecule has 1 aromatic heterocycles. The van der Waals surface area contributed by atoms with Gasteiger partial charge in [-0.2, -0.15) is 5.10 Å². The van der Waals surface area contributed by atoms with Crippen molar-refractivity contribution in [3.63, 3.8) is 0 Å². The van der Waals surface area contributed by atoms with Crippen LogP contribution in [0.2, 0.25) is 0 Å². The topological polar surface area (TPSA) is 69.3 Å². The first-order chi connectivity index (χ1) is 12.8. The fourth-order valence-corrected chi connectivity index (χ4v) is 4.57. The summed E-state index contributed by atoms with van der Waals surface area (Å²) in [6, 6.07) is 0. The molecule has 3 rings (SSSR count). The number of nitrogens with zero attached hydrogens (tertiary/aromatic N) is 3. The van der Waals surface area contributed by atoms with Gasteiger partial charge < -0.3 is 9.80 Å². The van der Waals surface area contributed by atoms with Crippen LogP contribution in [0.4, 0.5) is 0 Å². The number of aromatic nitrogens is 2. The summed E-state index contributed by atoms with van der Waals surface area (Å²) < 4.78 is 0. The highest BCUT2D eigenvalue weighted by atomic mass is 16.2. The van der Waals surface area contributed by atoms with Crippen LogP contribution in [-0.2, 0) is 11.2 Å². The molecular weight excluding hydrogens is 340 g/mol. The van der Waals surface area contributed by atoms with Crippen molar-refractivity contribution in [1.82, 2.24) is 20.0 Å². The summed E-state index contributed by atoms with van der Waals surface area (Å²) in [4.78, 5) is 29.5. The lowest BCUT2D eigenvalue weighted by molar-refractivity contribution is -0.139. The number of likely N-dealkylation sites (tertiary alicyclic amines) is 2. The van der Waals surface area contributed by atoms with E-state index in [-0.39, 0.29) is 17.2 Å². The van der Waals surface area contributed by atoms with Crippen molar-refractivity contribution in [3.05, 3.63) is 17.0 Å². The quantitative estimate of drug-likeness (QED) is 0.861. The molecule has 150 valence electrons.